The first-order valence-electron chi connectivity index (χ1n) is 9.16. The summed E-state index contributed by atoms with van der Waals surface area (Å²) < 4.78 is 16.2. The number of carbonyl (C=O) groups excluding carboxylic acids is 1. The summed E-state index contributed by atoms with van der Waals surface area (Å²) >= 11 is 13.2. The predicted molar refractivity (Wildman–Crippen MR) is 123 cm³/mol. The van der Waals surface area contributed by atoms with Crippen molar-refractivity contribution in [2.24, 2.45) is 0 Å². The van der Waals surface area contributed by atoms with Gasteiger partial charge in [0, 0.05) is 10.7 Å². The maximum absolute atomic E-state index is 14.4. The molecule has 31 heavy (non-hydrogen) atoms. The minimum Gasteiger partial charge on any atom is -0.324 e. The lowest BCUT2D eigenvalue weighted by Crippen LogP contribution is -2.15. The van der Waals surface area contributed by atoms with Crippen molar-refractivity contribution in [2.75, 3.05) is 11.1 Å². The van der Waals surface area contributed by atoms with Gasteiger partial charge in [-0.3, -0.25) is 9.36 Å². The molecule has 0 saturated carbocycles. The molecule has 156 valence electrons. The van der Waals surface area contributed by atoms with Crippen LogP contribution >= 0.6 is 35.0 Å². The van der Waals surface area contributed by atoms with Crippen LogP contribution in [0.2, 0.25) is 10.0 Å². The van der Waals surface area contributed by atoms with E-state index in [9.17, 15) is 9.18 Å². The van der Waals surface area contributed by atoms with Crippen molar-refractivity contribution in [1.29, 1.82) is 0 Å². The van der Waals surface area contributed by atoms with Gasteiger partial charge in [-0.15, -0.1) is 10.2 Å². The lowest BCUT2D eigenvalue weighted by atomic mass is 10.2. The lowest BCUT2D eigenvalue weighted by molar-refractivity contribution is -0.113. The Balaban J connectivity index is 1.60. The van der Waals surface area contributed by atoms with Gasteiger partial charge in [-0.05, 0) is 42.5 Å². The summed E-state index contributed by atoms with van der Waals surface area (Å²) in [4.78, 5) is 12.5. The van der Waals surface area contributed by atoms with E-state index in [4.69, 9.17) is 23.2 Å². The maximum Gasteiger partial charge on any atom is 0.234 e. The molecule has 0 aliphatic heterocycles. The molecule has 3 aromatic carbocycles. The van der Waals surface area contributed by atoms with Crippen LogP contribution in [0.15, 0.2) is 78.0 Å². The Morgan fingerprint density at radius 2 is 1.74 bits per heavy atom. The van der Waals surface area contributed by atoms with Crippen molar-refractivity contribution in [2.45, 2.75) is 5.16 Å². The summed E-state index contributed by atoms with van der Waals surface area (Å²) in [6.45, 7) is 0. The number of rotatable bonds is 6. The van der Waals surface area contributed by atoms with E-state index >= 15 is 0 Å². The summed E-state index contributed by atoms with van der Waals surface area (Å²) in [5.74, 6) is -0.266. The van der Waals surface area contributed by atoms with Crippen LogP contribution in [-0.4, -0.2) is 26.4 Å². The zero-order valence-corrected chi connectivity index (χ0v) is 18.3. The van der Waals surface area contributed by atoms with Crippen LogP contribution in [0, 0.1) is 5.82 Å². The van der Waals surface area contributed by atoms with Crippen molar-refractivity contribution >= 4 is 46.6 Å². The number of hydrogen-bond acceptors (Lipinski definition) is 4. The van der Waals surface area contributed by atoms with Crippen molar-refractivity contribution in [3.05, 3.63) is 88.7 Å². The molecule has 1 N–H and O–H groups in total. The normalized spacial score (nSPS) is 10.8. The first-order valence-corrected chi connectivity index (χ1v) is 10.9. The summed E-state index contributed by atoms with van der Waals surface area (Å²) in [5.41, 5.74) is 1.55. The van der Waals surface area contributed by atoms with Gasteiger partial charge in [0.05, 0.1) is 22.0 Å². The van der Waals surface area contributed by atoms with E-state index in [0.29, 0.717) is 32.3 Å². The van der Waals surface area contributed by atoms with Crippen LogP contribution < -0.4 is 5.32 Å². The highest BCUT2D eigenvalue weighted by Gasteiger charge is 2.19. The fourth-order valence-corrected chi connectivity index (χ4v) is 4.11. The van der Waals surface area contributed by atoms with Crippen molar-refractivity contribution < 1.29 is 9.18 Å². The van der Waals surface area contributed by atoms with Gasteiger partial charge in [-0.1, -0.05) is 65.3 Å². The third-order valence-corrected chi connectivity index (χ3v) is 5.78. The average molecular weight is 473 g/mol. The Morgan fingerprint density at radius 1 is 1.00 bits per heavy atom. The van der Waals surface area contributed by atoms with E-state index in [1.807, 2.05) is 30.3 Å². The lowest BCUT2D eigenvalue weighted by Gasteiger charge is -2.11. The largest absolute Gasteiger partial charge is 0.324 e. The molecule has 1 heterocycles. The Hall–Kier alpha value is -2.87. The van der Waals surface area contributed by atoms with Crippen LogP contribution in [0.4, 0.5) is 10.1 Å². The molecule has 0 saturated heterocycles. The summed E-state index contributed by atoms with van der Waals surface area (Å²) in [5, 5.41) is 12.4. The number of hydrogen-bond donors (Lipinski definition) is 1. The Labute approximate surface area is 192 Å². The fraction of sp³-hybridized carbons (Fsp3) is 0.0455. The number of nitrogens with zero attached hydrogens (tertiary/aromatic N) is 3. The Kier molecular flexibility index (Phi) is 6.56. The van der Waals surface area contributed by atoms with Gasteiger partial charge in [0.1, 0.15) is 5.82 Å². The molecule has 0 fully saturated rings. The average Bonchev–Trinajstić information content (AvgIpc) is 3.19. The van der Waals surface area contributed by atoms with Gasteiger partial charge in [0.2, 0.25) is 5.91 Å². The van der Waals surface area contributed by atoms with Crippen molar-refractivity contribution in [3.63, 3.8) is 0 Å². The third-order valence-electron chi connectivity index (χ3n) is 4.30. The van der Waals surface area contributed by atoms with E-state index in [2.05, 4.69) is 15.5 Å². The summed E-state index contributed by atoms with van der Waals surface area (Å²) in [7, 11) is 0. The molecule has 1 aromatic heterocycles. The number of amides is 1. The monoisotopic (exact) mass is 472 g/mol. The molecule has 0 atom stereocenters. The number of para-hydroxylation sites is 1. The second-order valence-corrected chi connectivity index (χ2v) is 8.20. The van der Waals surface area contributed by atoms with Gasteiger partial charge in [-0.2, -0.15) is 0 Å². The highest BCUT2D eigenvalue weighted by atomic mass is 35.5. The Bertz CT molecular complexity index is 1230. The maximum atomic E-state index is 14.4. The molecule has 0 aliphatic carbocycles. The number of nitrogens with one attached hydrogen (secondary N) is 1. The zero-order valence-electron chi connectivity index (χ0n) is 15.9. The Morgan fingerprint density at radius 3 is 2.48 bits per heavy atom. The molecule has 0 spiro atoms. The molecule has 5 nitrogen and oxygen atoms in total. The summed E-state index contributed by atoms with van der Waals surface area (Å²) in [6.07, 6.45) is 0. The van der Waals surface area contributed by atoms with Gasteiger partial charge < -0.3 is 5.32 Å². The van der Waals surface area contributed by atoms with Crippen LogP contribution in [0.25, 0.3) is 17.1 Å². The van der Waals surface area contributed by atoms with E-state index in [1.54, 1.807) is 41.0 Å². The van der Waals surface area contributed by atoms with Crippen LogP contribution in [0.1, 0.15) is 0 Å². The van der Waals surface area contributed by atoms with E-state index in [0.717, 1.165) is 5.69 Å². The molecule has 0 bridgehead atoms. The van der Waals surface area contributed by atoms with E-state index in [-0.39, 0.29) is 11.7 Å². The number of carbonyl (C=O) groups is 1. The molecule has 1 amide bonds. The number of benzene rings is 3. The molecule has 4 rings (SSSR count). The highest BCUT2D eigenvalue weighted by molar-refractivity contribution is 7.99. The SMILES string of the molecule is O=C(CSc1nnc(-c2ccccc2F)n1-c1ccccc1)Nc1ccc(Cl)cc1Cl. The van der Waals surface area contributed by atoms with Gasteiger partial charge >= 0.3 is 0 Å². The molecule has 4 aromatic rings. The smallest absolute Gasteiger partial charge is 0.234 e. The minimum absolute atomic E-state index is 0.0567. The number of thioether (sulfide) groups is 1. The highest BCUT2D eigenvalue weighted by Crippen LogP contribution is 2.30. The predicted octanol–water partition coefficient (Wildman–Crippen LogP) is 6.11. The number of anilines is 1. The molecular weight excluding hydrogens is 458 g/mol. The van der Waals surface area contributed by atoms with E-state index in [1.165, 1.54) is 17.8 Å². The first-order chi connectivity index (χ1) is 15.0. The first kappa shape index (κ1) is 21.4. The van der Waals surface area contributed by atoms with Crippen LogP contribution in [0.3, 0.4) is 0 Å². The van der Waals surface area contributed by atoms with Gasteiger partial charge in [-0.25, -0.2) is 4.39 Å². The second kappa shape index (κ2) is 9.51. The fourth-order valence-electron chi connectivity index (χ4n) is 2.90. The summed E-state index contributed by atoms with van der Waals surface area (Å²) in [6, 6.07) is 20.5. The molecule has 0 radical (unpaired) electrons. The van der Waals surface area contributed by atoms with Gasteiger partial charge in [0.25, 0.3) is 0 Å². The standard InChI is InChI=1S/C22H15Cl2FN4OS/c23-14-10-11-19(17(24)12-14)26-20(30)13-31-22-28-27-21(16-8-4-5-9-18(16)25)29(22)15-6-2-1-3-7-15/h1-12H,13H2,(H,26,30). The number of halogens is 3. The third kappa shape index (κ3) is 4.90. The van der Waals surface area contributed by atoms with Crippen LogP contribution in [0.5, 0.6) is 0 Å². The number of aromatic nitrogens is 3. The topological polar surface area (TPSA) is 59.8 Å². The zero-order chi connectivity index (χ0) is 21.8. The molecular formula is C22H15Cl2FN4OS. The quantitative estimate of drug-likeness (QED) is 0.343. The molecule has 0 aliphatic rings. The molecule has 9 heteroatoms. The van der Waals surface area contributed by atoms with Crippen molar-refractivity contribution in [3.8, 4) is 17.1 Å². The van der Waals surface area contributed by atoms with Gasteiger partial charge in [0.15, 0.2) is 11.0 Å². The minimum atomic E-state index is -0.404. The van der Waals surface area contributed by atoms with E-state index < -0.39 is 5.82 Å². The second-order valence-electron chi connectivity index (χ2n) is 6.42. The van der Waals surface area contributed by atoms with Crippen LogP contribution in [-0.2, 0) is 4.79 Å². The molecule has 0 unspecified atom stereocenters. The van der Waals surface area contributed by atoms with Crippen molar-refractivity contribution in [1.82, 2.24) is 14.8 Å².